The summed E-state index contributed by atoms with van der Waals surface area (Å²) in [6.07, 6.45) is 6.46. The van der Waals surface area contributed by atoms with Crippen LogP contribution in [0.4, 0.5) is 0 Å². The molecule has 4 nitrogen and oxygen atoms in total. The summed E-state index contributed by atoms with van der Waals surface area (Å²) < 4.78 is 5.40. The number of likely N-dealkylation sites (tertiary alicyclic amines) is 1. The lowest BCUT2D eigenvalue weighted by Gasteiger charge is -2.30. The number of rotatable bonds is 4. The highest BCUT2D eigenvalue weighted by molar-refractivity contribution is 5.15. The molecule has 4 heteroatoms. The van der Waals surface area contributed by atoms with Crippen LogP contribution in [0.5, 0.6) is 0 Å². The summed E-state index contributed by atoms with van der Waals surface area (Å²) in [5, 5.41) is 0. The molecule has 1 aromatic rings. The van der Waals surface area contributed by atoms with Gasteiger partial charge in [0.25, 0.3) is 0 Å². The molecule has 1 unspecified atom stereocenters. The van der Waals surface area contributed by atoms with Gasteiger partial charge in [-0.2, -0.15) is 0 Å². The van der Waals surface area contributed by atoms with Crippen molar-refractivity contribution in [2.45, 2.75) is 18.9 Å². The molecule has 1 aromatic heterocycles. The summed E-state index contributed by atoms with van der Waals surface area (Å²) in [4.78, 5) is 9.39. The topological polar surface area (TPSA) is 28.6 Å². The molecule has 0 aromatic carbocycles. The summed E-state index contributed by atoms with van der Waals surface area (Å²) in [5.74, 6) is 0. The van der Waals surface area contributed by atoms with Gasteiger partial charge in [-0.05, 0) is 31.0 Å². The fourth-order valence-corrected chi connectivity index (χ4v) is 3.14. The molecule has 0 N–H and O–H groups in total. The number of hydrogen-bond acceptors (Lipinski definition) is 4. The predicted molar refractivity (Wildman–Crippen MR) is 75.0 cm³/mol. The minimum Gasteiger partial charge on any atom is -0.379 e. The van der Waals surface area contributed by atoms with Gasteiger partial charge in [0.1, 0.15) is 0 Å². The van der Waals surface area contributed by atoms with Crippen LogP contribution in [0.15, 0.2) is 24.5 Å². The number of morpholine rings is 1. The maximum Gasteiger partial charge on any atom is 0.0594 e. The van der Waals surface area contributed by atoms with Crippen LogP contribution in [0.25, 0.3) is 0 Å². The minimum absolute atomic E-state index is 0.578. The van der Waals surface area contributed by atoms with Crippen molar-refractivity contribution >= 4 is 0 Å². The fourth-order valence-electron chi connectivity index (χ4n) is 3.14. The van der Waals surface area contributed by atoms with Crippen molar-refractivity contribution in [2.75, 3.05) is 45.9 Å². The van der Waals surface area contributed by atoms with E-state index in [-0.39, 0.29) is 0 Å². The standard InChI is InChI=1S/C15H23N3O/c1-3-14(13-16-5-1)15-4-2-6-18(15)8-7-17-9-11-19-12-10-17/h1,3,5,13,15H,2,4,6-12H2. The van der Waals surface area contributed by atoms with E-state index in [1.165, 1.54) is 38.0 Å². The monoisotopic (exact) mass is 261 g/mol. The van der Waals surface area contributed by atoms with E-state index in [4.69, 9.17) is 4.74 Å². The van der Waals surface area contributed by atoms with E-state index >= 15 is 0 Å². The van der Waals surface area contributed by atoms with Gasteiger partial charge in [-0.25, -0.2) is 0 Å². The molecule has 19 heavy (non-hydrogen) atoms. The maximum atomic E-state index is 5.40. The van der Waals surface area contributed by atoms with Crippen molar-refractivity contribution in [1.82, 2.24) is 14.8 Å². The largest absolute Gasteiger partial charge is 0.379 e. The van der Waals surface area contributed by atoms with Crippen molar-refractivity contribution < 1.29 is 4.74 Å². The molecule has 3 rings (SSSR count). The second kappa shape index (κ2) is 6.46. The molecule has 104 valence electrons. The smallest absolute Gasteiger partial charge is 0.0594 e. The van der Waals surface area contributed by atoms with Gasteiger partial charge < -0.3 is 4.74 Å². The van der Waals surface area contributed by atoms with Crippen LogP contribution in [-0.4, -0.2) is 60.7 Å². The fraction of sp³-hybridized carbons (Fsp3) is 0.667. The van der Waals surface area contributed by atoms with Gasteiger partial charge in [0.05, 0.1) is 13.2 Å². The second-order valence-electron chi connectivity index (χ2n) is 5.43. The highest BCUT2D eigenvalue weighted by Gasteiger charge is 2.26. The zero-order chi connectivity index (χ0) is 12.9. The Morgan fingerprint density at radius 2 is 2.11 bits per heavy atom. The van der Waals surface area contributed by atoms with E-state index in [1.807, 2.05) is 18.5 Å². The molecule has 0 spiro atoms. The first-order chi connectivity index (χ1) is 9.43. The van der Waals surface area contributed by atoms with Crippen LogP contribution in [0.3, 0.4) is 0 Å². The maximum absolute atomic E-state index is 5.40. The van der Waals surface area contributed by atoms with Crippen LogP contribution in [0, 0.1) is 0 Å². The first kappa shape index (κ1) is 13.0. The zero-order valence-electron chi connectivity index (χ0n) is 11.5. The van der Waals surface area contributed by atoms with E-state index < -0.39 is 0 Å². The Morgan fingerprint density at radius 3 is 2.89 bits per heavy atom. The van der Waals surface area contributed by atoms with E-state index in [9.17, 15) is 0 Å². The molecule has 2 aliphatic rings. The van der Waals surface area contributed by atoms with Crippen LogP contribution in [-0.2, 0) is 4.74 Å². The molecule has 0 radical (unpaired) electrons. The normalized spacial score (nSPS) is 25.8. The SMILES string of the molecule is c1cncc(C2CCCN2CCN2CCOCC2)c1. The third-order valence-corrected chi connectivity index (χ3v) is 4.24. The highest BCUT2D eigenvalue weighted by Crippen LogP contribution is 2.30. The van der Waals surface area contributed by atoms with Crippen molar-refractivity contribution in [1.29, 1.82) is 0 Å². The van der Waals surface area contributed by atoms with Gasteiger partial charge >= 0.3 is 0 Å². The number of pyridine rings is 1. The van der Waals surface area contributed by atoms with E-state index in [1.54, 1.807) is 0 Å². The van der Waals surface area contributed by atoms with E-state index in [2.05, 4.69) is 20.9 Å². The highest BCUT2D eigenvalue weighted by atomic mass is 16.5. The van der Waals surface area contributed by atoms with Gasteiger partial charge in [0.2, 0.25) is 0 Å². The second-order valence-corrected chi connectivity index (χ2v) is 5.43. The van der Waals surface area contributed by atoms with Crippen LogP contribution in [0.1, 0.15) is 24.4 Å². The number of aromatic nitrogens is 1. The van der Waals surface area contributed by atoms with Gasteiger partial charge in [0, 0.05) is 44.6 Å². The van der Waals surface area contributed by atoms with Crippen LogP contribution >= 0.6 is 0 Å². The van der Waals surface area contributed by atoms with Crippen molar-refractivity contribution in [3.05, 3.63) is 30.1 Å². The predicted octanol–water partition coefficient (Wildman–Crippen LogP) is 1.55. The molecule has 0 saturated carbocycles. The minimum atomic E-state index is 0.578. The first-order valence-corrected chi connectivity index (χ1v) is 7.37. The number of nitrogens with zero attached hydrogens (tertiary/aromatic N) is 3. The van der Waals surface area contributed by atoms with E-state index in [0.717, 1.165) is 26.3 Å². The molecule has 2 fully saturated rings. The summed E-state index contributed by atoms with van der Waals surface area (Å²) >= 11 is 0. The first-order valence-electron chi connectivity index (χ1n) is 7.37. The summed E-state index contributed by atoms with van der Waals surface area (Å²) in [7, 11) is 0. The third-order valence-electron chi connectivity index (χ3n) is 4.24. The van der Waals surface area contributed by atoms with Crippen molar-refractivity contribution in [3.8, 4) is 0 Å². The molecule has 3 heterocycles. The Hall–Kier alpha value is -0.970. The summed E-state index contributed by atoms with van der Waals surface area (Å²) in [5.41, 5.74) is 1.38. The average Bonchev–Trinajstić information content (AvgIpc) is 2.95. The molecular weight excluding hydrogens is 238 g/mol. The average molecular weight is 261 g/mol. The molecule has 1 atom stereocenters. The van der Waals surface area contributed by atoms with Crippen LogP contribution in [0.2, 0.25) is 0 Å². The molecular formula is C15H23N3O. The van der Waals surface area contributed by atoms with Gasteiger partial charge in [-0.1, -0.05) is 6.07 Å². The summed E-state index contributed by atoms with van der Waals surface area (Å²) in [6.45, 7) is 7.53. The number of hydrogen-bond donors (Lipinski definition) is 0. The lowest BCUT2D eigenvalue weighted by Crippen LogP contribution is -2.41. The lowest BCUT2D eigenvalue weighted by atomic mass is 10.1. The quantitative estimate of drug-likeness (QED) is 0.822. The number of ether oxygens (including phenoxy) is 1. The Balaban J connectivity index is 1.54. The molecule has 0 aliphatic carbocycles. The lowest BCUT2D eigenvalue weighted by molar-refractivity contribution is 0.0327. The van der Waals surface area contributed by atoms with Gasteiger partial charge in [0.15, 0.2) is 0 Å². The van der Waals surface area contributed by atoms with Crippen molar-refractivity contribution in [3.63, 3.8) is 0 Å². The van der Waals surface area contributed by atoms with E-state index in [0.29, 0.717) is 6.04 Å². The summed E-state index contributed by atoms with van der Waals surface area (Å²) in [6, 6.07) is 4.84. The Morgan fingerprint density at radius 1 is 1.21 bits per heavy atom. The third kappa shape index (κ3) is 3.32. The molecule has 2 aliphatic heterocycles. The Kier molecular flexibility index (Phi) is 4.43. The molecule has 2 saturated heterocycles. The van der Waals surface area contributed by atoms with Gasteiger partial charge in [-0.15, -0.1) is 0 Å². The Bertz CT molecular complexity index is 378. The Labute approximate surface area is 115 Å². The van der Waals surface area contributed by atoms with Crippen LogP contribution < -0.4 is 0 Å². The molecule has 0 amide bonds. The zero-order valence-corrected chi connectivity index (χ0v) is 11.5. The van der Waals surface area contributed by atoms with Gasteiger partial charge in [-0.3, -0.25) is 14.8 Å². The molecule has 0 bridgehead atoms. The van der Waals surface area contributed by atoms with Crippen molar-refractivity contribution in [2.24, 2.45) is 0 Å².